The molecule has 1 N–H and O–H groups in total. The lowest BCUT2D eigenvalue weighted by Gasteiger charge is -2.29. The minimum Gasteiger partial charge on any atom is -0.378 e. The molecule has 0 spiro atoms. The largest absolute Gasteiger partial charge is 0.378 e. The van der Waals surface area contributed by atoms with E-state index >= 15 is 0 Å². The number of ether oxygens (including phenoxy) is 1. The second-order valence-corrected chi connectivity index (χ2v) is 6.62. The maximum Gasteiger partial charge on any atom is 0.282 e. The summed E-state index contributed by atoms with van der Waals surface area (Å²) in [6, 6.07) is 15.1. The van der Waals surface area contributed by atoms with Crippen molar-refractivity contribution >= 4 is 29.3 Å². The first-order valence-electron chi connectivity index (χ1n) is 8.99. The van der Waals surface area contributed by atoms with Gasteiger partial charge in [0.15, 0.2) is 0 Å². The van der Waals surface area contributed by atoms with Crippen LogP contribution >= 0.6 is 0 Å². The molecule has 0 atom stereocenters. The highest BCUT2D eigenvalue weighted by atomic mass is 16.5. The van der Waals surface area contributed by atoms with Gasteiger partial charge in [-0.2, -0.15) is 0 Å². The Morgan fingerprint density at radius 2 is 1.74 bits per heavy atom. The number of nitrogens with zero attached hydrogens (tertiary/aromatic N) is 2. The van der Waals surface area contributed by atoms with E-state index in [0.717, 1.165) is 43.1 Å². The number of amides is 2. The van der Waals surface area contributed by atoms with Crippen molar-refractivity contribution in [3.05, 3.63) is 65.2 Å². The molecule has 2 aromatic carbocycles. The number of para-hydroxylation sites is 1. The first kappa shape index (κ1) is 17.3. The Morgan fingerprint density at radius 1 is 1.00 bits per heavy atom. The fraction of sp³-hybridized carbons (Fsp3) is 0.238. The van der Waals surface area contributed by atoms with E-state index in [1.54, 1.807) is 18.2 Å². The first-order valence-corrected chi connectivity index (χ1v) is 8.99. The summed E-state index contributed by atoms with van der Waals surface area (Å²) in [7, 11) is 0. The van der Waals surface area contributed by atoms with E-state index in [2.05, 4.69) is 16.4 Å². The minimum atomic E-state index is -0.388. The highest BCUT2D eigenvalue weighted by Crippen LogP contribution is 2.25. The second kappa shape index (κ2) is 7.25. The van der Waals surface area contributed by atoms with Crippen LogP contribution in [-0.4, -0.2) is 38.1 Å². The van der Waals surface area contributed by atoms with Gasteiger partial charge in [0.2, 0.25) is 0 Å². The SMILES string of the molecule is Cc1cc(N2CCOCC2)ccc1/C=C1/C(=O)NN(c2ccccc2)C1=O. The molecule has 6 heteroatoms. The lowest BCUT2D eigenvalue weighted by Crippen LogP contribution is -2.36. The fourth-order valence-electron chi connectivity index (χ4n) is 3.31. The second-order valence-electron chi connectivity index (χ2n) is 6.62. The number of hydrogen-bond acceptors (Lipinski definition) is 4. The molecule has 2 heterocycles. The van der Waals surface area contributed by atoms with Gasteiger partial charge >= 0.3 is 0 Å². The number of carbonyl (C=O) groups is 2. The monoisotopic (exact) mass is 363 g/mol. The Bertz CT molecular complexity index is 902. The van der Waals surface area contributed by atoms with Crippen molar-refractivity contribution in [2.75, 3.05) is 36.2 Å². The Hall–Kier alpha value is -3.12. The van der Waals surface area contributed by atoms with Crippen molar-refractivity contribution in [1.82, 2.24) is 5.43 Å². The molecule has 2 aliphatic heterocycles. The molecule has 138 valence electrons. The van der Waals surface area contributed by atoms with E-state index in [1.165, 1.54) is 5.01 Å². The lowest BCUT2D eigenvalue weighted by molar-refractivity contribution is -0.117. The first-order chi connectivity index (χ1) is 13.1. The van der Waals surface area contributed by atoms with Gasteiger partial charge in [-0.1, -0.05) is 24.3 Å². The zero-order valence-electron chi connectivity index (χ0n) is 15.1. The maximum atomic E-state index is 12.7. The third-order valence-electron chi connectivity index (χ3n) is 4.84. The van der Waals surface area contributed by atoms with Crippen molar-refractivity contribution in [2.45, 2.75) is 6.92 Å². The molecule has 27 heavy (non-hydrogen) atoms. The number of morpholine rings is 1. The summed E-state index contributed by atoms with van der Waals surface area (Å²) in [5, 5.41) is 1.28. The molecule has 0 radical (unpaired) electrons. The number of hydrogen-bond donors (Lipinski definition) is 1. The van der Waals surface area contributed by atoms with E-state index < -0.39 is 0 Å². The Morgan fingerprint density at radius 3 is 2.44 bits per heavy atom. The van der Waals surface area contributed by atoms with Gasteiger partial charge in [0.25, 0.3) is 11.8 Å². The van der Waals surface area contributed by atoms with Crippen LogP contribution in [0.15, 0.2) is 54.1 Å². The summed E-state index contributed by atoms with van der Waals surface area (Å²) >= 11 is 0. The van der Waals surface area contributed by atoms with Gasteiger partial charge in [-0.25, -0.2) is 5.01 Å². The van der Waals surface area contributed by atoms with Crippen LogP contribution in [0.5, 0.6) is 0 Å². The summed E-state index contributed by atoms with van der Waals surface area (Å²) in [6.45, 7) is 5.19. The molecule has 0 aromatic heterocycles. The van der Waals surface area contributed by atoms with Crippen LogP contribution in [0.3, 0.4) is 0 Å². The van der Waals surface area contributed by atoms with Crippen LogP contribution in [-0.2, 0) is 14.3 Å². The van der Waals surface area contributed by atoms with Gasteiger partial charge in [-0.05, 0) is 48.4 Å². The van der Waals surface area contributed by atoms with Crippen molar-refractivity contribution in [2.24, 2.45) is 0 Å². The molecule has 2 aromatic rings. The average molecular weight is 363 g/mol. The van der Waals surface area contributed by atoms with E-state index in [1.807, 2.05) is 37.3 Å². The van der Waals surface area contributed by atoms with Gasteiger partial charge < -0.3 is 9.64 Å². The van der Waals surface area contributed by atoms with E-state index in [0.29, 0.717) is 5.69 Å². The molecule has 0 saturated carbocycles. The Labute approximate surface area is 158 Å². The van der Waals surface area contributed by atoms with Gasteiger partial charge in [0, 0.05) is 18.8 Å². The average Bonchev–Trinajstić information content (AvgIpc) is 2.99. The van der Waals surface area contributed by atoms with Crippen molar-refractivity contribution < 1.29 is 14.3 Å². The third-order valence-corrected chi connectivity index (χ3v) is 4.84. The highest BCUT2D eigenvalue weighted by molar-refractivity contribution is 6.31. The lowest BCUT2D eigenvalue weighted by atomic mass is 10.0. The number of carbonyl (C=O) groups excluding carboxylic acids is 2. The number of aryl methyl sites for hydroxylation is 1. The zero-order valence-corrected chi connectivity index (χ0v) is 15.1. The van der Waals surface area contributed by atoms with E-state index in [4.69, 9.17) is 4.74 Å². The summed E-state index contributed by atoms with van der Waals surface area (Å²) < 4.78 is 5.40. The fourth-order valence-corrected chi connectivity index (χ4v) is 3.31. The Balaban J connectivity index is 1.59. The standard InChI is InChI=1S/C21H21N3O3/c1-15-13-18(23-9-11-27-12-10-23)8-7-16(15)14-19-20(25)22-24(21(19)26)17-5-3-2-4-6-17/h2-8,13-14H,9-12H2,1H3,(H,22,25)/b19-14-. The summed E-state index contributed by atoms with van der Waals surface area (Å²) in [5.41, 5.74) is 6.42. The quantitative estimate of drug-likeness (QED) is 0.671. The number of benzene rings is 2. The van der Waals surface area contributed by atoms with Crippen LogP contribution in [0.2, 0.25) is 0 Å². The number of rotatable bonds is 3. The molecule has 2 amide bonds. The molecule has 0 unspecified atom stereocenters. The zero-order chi connectivity index (χ0) is 18.8. The molecular weight excluding hydrogens is 342 g/mol. The smallest absolute Gasteiger partial charge is 0.282 e. The van der Waals surface area contributed by atoms with Gasteiger partial charge in [0.1, 0.15) is 5.57 Å². The van der Waals surface area contributed by atoms with Gasteiger partial charge in [-0.15, -0.1) is 0 Å². The van der Waals surface area contributed by atoms with Crippen LogP contribution in [0.1, 0.15) is 11.1 Å². The van der Waals surface area contributed by atoms with Crippen LogP contribution in [0.4, 0.5) is 11.4 Å². The molecule has 2 saturated heterocycles. The summed E-state index contributed by atoms with van der Waals surface area (Å²) in [4.78, 5) is 27.3. The molecule has 0 aliphatic carbocycles. The molecule has 2 fully saturated rings. The van der Waals surface area contributed by atoms with Crippen LogP contribution < -0.4 is 15.3 Å². The molecular formula is C21H21N3O3. The van der Waals surface area contributed by atoms with Crippen LogP contribution in [0.25, 0.3) is 6.08 Å². The predicted octanol–water partition coefficient (Wildman–Crippen LogP) is 2.29. The molecule has 4 rings (SSSR count). The minimum absolute atomic E-state index is 0.140. The topological polar surface area (TPSA) is 61.9 Å². The summed E-state index contributed by atoms with van der Waals surface area (Å²) in [5.74, 6) is -0.733. The van der Waals surface area contributed by atoms with Gasteiger partial charge in [0.05, 0.1) is 18.9 Å². The molecule has 0 bridgehead atoms. The number of nitrogens with one attached hydrogen (secondary N) is 1. The highest BCUT2D eigenvalue weighted by Gasteiger charge is 2.34. The number of anilines is 2. The summed E-state index contributed by atoms with van der Waals surface area (Å²) in [6.07, 6.45) is 1.67. The Kier molecular flexibility index (Phi) is 4.64. The molecule has 2 aliphatic rings. The maximum absolute atomic E-state index is 12.7. The van der Waals surface area contributed by atoms with Crippen molar-refractivity contribution in [3.63, 3.8) is 0 Å². The molecule has 6 nitrogen and oxygen atoms in total. The third kappa shape index (κ3) is 3.44. The van der Waals surface area contributed by atoms with E-state index in [9.17, 15) is 9.59 Å². The van der Waals surface area contributed by atoms with E-state index in [-0.39, 0.29) is 17.4 Å². The number of hydrazine groups is 1. The van der Waals surface area contributed by atoms with Crippen molar-refractivity contribution in [3.8, 4) is 0 Å². The normalized spacial score (nSPS) is 18.9. The van der Waals surface area contributed by atoms with Gasteiger partial charge in [-0.3, -0.25) is 15.0 Å². The predicted molar refractivity (Wildman–Crippen MR) is 104 cm³/mol. The van der Waals surface area contributed by atoms with Crippen LogP contribution in [0, 0.1) is 6.92 Å². The van der Waals surface area contributed by atoms with Crippen molar-refractivity contribution in [1.29, 1.82) is 0 Å².